The normalized spacial score (nSPS) is 29.0. The van der Waals surface area contributed by atoms with Gasteiger partial charge >= 0.3 is 0 Å². The molecule has 0 saturated carbocycles. The van der Waals surface area contributed by atoms with E-state index in [0.717, 1.165) is 71.7 Å². The van der Waals surface area contributed by atoms with E-state index in [1.165, 1.54) is 12.8 Å². The zero-order valence-electron chi connectivity index (χ0n) is 13.1. The lowest BCUT2D eigenvalue weighted by Crippen LogP contribution is -2.50. The number of piperazine rings is 1. The number of hydrogen-bond acceptors (Lipinski definition) is 4. The molecule has 1 unspecified atom stereocenters. The van der Waals surface area contributed by atoms with Gasteiger partial charge in [0.2, 0.25) is 5.91 Å². The fourth-order valence-corrected chi connectivity index (χ4v) is 3.72. The second-order valence-corrected chi connectivity index (χ2v) is 6.71. The van der Waals surface area contributed by atoms with Crippen molar-refractivity contribution in [3.05, 3.63) is 0 Å². The molecule has 0 spiro atoms. The number of nitrogens with zero attached hydrogens (tertiary/aromatic N) is 2. The number of ether oxygens (including phenoxy) is 1. The maximum atomic E-state index is 12.4. The van der Waals surface area contributed by atoms with Crippen LogP contribution in [0.4, 0.5) is 0 Å². The first-order chi connectivity index (χ1) is 10.3. The fraction of sp³-hybridized carbons (Fsp3) is 0.938. The van der Waals surface area contributed by atoms with Crippen LogP contribution in [0.1, 0.15) is 32.1 Å². The van der Waals surface area contributed by atoms with Crippen molar-refractivity contribution >= 4 is 5.91 Å². The van der Waals surface area contributed by atoms with Crippen molar-refractivity contribution in [2.24, 2.45) is 5.92 Å². The number of hydrogen-bond donors (Lipinski definition) is 1. The minimum absolute atomic E-state index is 0.374. The molecule has 1 amide bonds. The molecule has 0 radical (unpaired) electrons. The van der Waals surface area contributed by atoms with E-state index in [1.807, 2.05) is 0 Å². The van der Waals surface area contributed by atoms with Crippen molar-refractivity contribution in [1.29, 1.82) is 0 Å². The van der Waals surface area contributed by atoms with Crippen LogP contribution in [-0.2, 0) is 9.53 Å². The van der Waals surface area contributed by atoms with E-state index in [4.69, 9.17) is 4.74 Å². The van der Waals surface area contributed by atoms with E-state index in [1.54, 1.807) is 0 Å². The number of carbonyl (C=O) groups is 1. The van der Waals surface area contributed by atoms with Gasteiger partial charge in [-0.1, -0.05) is 0 Å². The van der Waals surface area contributed by atoms with Gasteiger partial charge in [0, 0.05) is 45.8 Å². The first-order valence-corrected chi connectivity index (χ1v) is 8.64. The summed E-state index contributed by atoms with van der Waals surface area (Å²) in [4.78, 5) is 16.9. The Kier molecular flexibility index (Phi) is 5.49. The van der Waals surface area contributed by atoms with Crippen molar-refractivity contribution in [3.63, 3.8) is 0 Å². The lowest BCUT2D eigenvalue weighted by atomic mass is 9.94. The Balaban J connectivity index is 1.37. The second kappa shape index (κ2) is 7.56. The Labute approximate surface area is 128 Å². The van der Waals surface area contributed by atoms with Crippen LogP contribution in [0.3, 0.4) is 0 Å². The third-order valence-electron chi connectivity index (χ3n) is 5.13. The summed E-state index contributed by atoms with van der Waals surface area (Å²) in [7, 11) is 0. The highest BCUT2D eigenvalue weighted by atomic mass is 16.5. The van der Waals surface area contributed by atoms with Crippen LogP contribution >= 0.6 is 0 Å². The van der Waals surface area contributed by atoms with Gasteiger partial charge in [-0.25, -0.2) is 0 Å². The fourth-order valence-electron chi connectivity index (χ4n) is 3.72. The molecule has 5 nitrogen and oxygen atoms in total. The minimum Gasteiger partial charge on any atom is -0.377 e. The molecule has 0 aromatic carbocycles. The number of nitrogens with one attached hydrogen (secondary N) is 1. The van der Waals surface area contributed by atoms with Gasteiger partial charge < -0.3 is 15.0 Å². The van der Waals surface area contributed by atoms with Crippen LogP contribution < -0.4 is 5.32 Å². The first-order valence-electron chi connectivity index (χ1n) is 8.64. The Bertz CT molecular complexity index is 330. The molecule has 1 N–H and O–H groups in total. The van der Waals surface area contributed by atoms with Crippen LogP contribution in [-0.4, -0.2) is 74.2 Å². The molecule has 3 aliphatic rings. The third kappa shape index (κ3) is 4.41. The van der Waals surface area contributed by atoms with E-state index in [-0.39, 0.29) is 0 Å². The minimum atomic E-state index is 0.374. The van der Waals surface area contributed by atoms with Gasteiger partial charge in [0.25, 0.3) is 0 Å². The number of piperidine rings is 1. The van der Waals surface area contributed by atoms with Crippen LogP contribution in [0.15, 0.2) is 0 Å². The van der Waals surface area contributed by atoms with Gasteiger partial charge in [0.15, 0.2) is 0 Å². The molecule has 0 aliphatic carbocycles. The third-order valence-corrected chi connectivity index (χ3v) is 5.13. The molecule has 5 heteroatoms. The summed E-state index contributed by atoms with van der Waals surface area (Å²) >= 11 is 0. The monoisotopic (exact) mass is 295 g/mol. The van der Waals surface area contributed by atoms with Gasteiger partial charge in [-0.3, -0.25) is 9.69 Å². The molecule has 21 heavy (non-hydrogen) atoms. The van der Waals surface area contributed by atoms with E-state index < -0.39 is 0 Å². The van der Waals surface area contributed by atoms with Gasteiger partial charge in [0.05, 0.1) is 6.10 Å². The topological polar surface area (TPSA) is 44.8 Å². The van der Waals surface area contributed by atoms with Crippen LogP contribution in [0, 0.1) is 5.92 Å². The molecule has 3 aliphatic heterocycles. The Morgan fingerprint density at radius 2 is 1.86 bits per heavy atom. The Hall–Kier alpha value is -0.650. The van der Waals surface area contributed by atoms with E-state index in [9.17, 15) is 4.79 Å². The van der Waals surface area contributed by atoms with Gasteiger partial charge in [-0.15, -0.1) is 0 Å². The molecule has 3 rings (SSSR count). The van der Waals surface area contributed by atoms with Crippen molar-refractivity contribution < 1.29 is 9.53 Å². The summed E-state index contributed by atoms with van der Waals surface area (Å²) in [6, 6.07) is 0. The predicted molar refractivity (Wildman–Crippen MR) is 82.2 cm³/mol. The van der Waals surface area contributed by atoms with E-state index in [0.29, 0.717) is 17.9 Å². The summed E-state index contributed by atoms with van der Waals surface area (Å²) in [5, 5.41) is 3.36. The van der Waals surface area contributed by atoms with Gasteiger partial charge in [-0.2, -0.15) is 0 Å². The van der Waals surface area contributed by atoms with E-state index >= 15 is 0 Å². The van der Waals surface area contributed by atoms with Crippen molar-refractivity contribution in [2.75, 3.05) is 52.4 Å². The molecule has 0 aromatic rings. The summed E-state index contributed by atoms with van der Waals surface area (Å²) in [5.74, 6) is 0.974. The van der Waals surface area contributed by atoms with E-state index in [2.05, 4.69) is 15.1 Å². The SMILES string of the molecule is O=C(CC1CCNCC1)N1CCN(CC2CCCO2)CC1. The Morgan fingerprint density at radius 3 is 2.52 bits per heavy atom. The maximum absolute atomic E-state index is 12.4. The van der Waals surface area contributed by atoms with Gasteiger partial charge in [0.1, 0.15) is 0 Å². The predicted octanol–water partition coefficient (Wildman–Crippen LogP) is 0.699. The number of carbonyl (C=O) groups excluding carboxylic acids is 1. The average molecular weight is 295 g/mol. The summed E-state index contributed by atoms with van der Waals surface area (Å²) in [5.41, 5.74) is 0. The van der Waals surface area contributed by atoms with Crippen molar-refractivity contribution in [2.45, 2.75) is 38.2 Å². The Morgan fingerprint density at radius 1 is 1.10 bits per heavy atom. The first kappa shape index (κ1) is 15.3. The molecule has 120 valence electrons. The molecule has 3 heterocycles. The molecule has 0 aromatic heterocycles. The largest absolute Gasteiger partial charge is 0.377 e. The van der Waals surface area contributed by atoms with Gasteiger partial charge in [-0.05, 0) is 44.7 Å². The second-order valence-electron chi connectivity index (χ2n) is 6.71. The average Bonchev–Trinajstić information content (AvgIpc) is 3.02. The van der Waals surface area contributed by atoms with Crippen LogP contribution in [0.2, 0.25) is 0 Å². The molecule has 0 bridgehead atoms. The highest BCUT2D eigenvalue weighted by Gasteiger charge is 2.26. The number of rotatable bonds is 4. The zero-order chi connectivity index (χ0) is 14.5. The molecule has 3 saturated heterocycles. The summed E-state index contributed by atoms with van der Waals surface area (Å²) < 4.78 is 5.70. The number of amides is 1. The maximum Gasteiger partial charge on any atom is 0.222 e. The summed E-state index contributed by atoms with van der Waals surface area (Å²) in [6.07, 6.45) is 5.92. The smallest absolute Gasteiger partial charge is 0.222 e. The summed E-state index contributed by atoms with van der Waals surface area (Å²) in [6.45, 7) is 7.96. The standard InChI is InChI=1S/C16H29N3O2/c20-16(12-14-3-5-17-6-4-14)19-9-7-18(8-10-19)13-15-2-1-11-21-15/h14-15,17H,1-13H2. The molecular weight excluding hydrogens is 266 g/mol. The van der Waals surface area contributed by atoms with Crippen molar-refractivity contribution in [3.8, 4) is 0 Å². The lowest BCUT2D eigenvalue weighted by molar-refractivity contribution is -0.134. The van der Waals surface area contributed by atoms with Crippen molar-refractivity contribution in [1.82, 2.24) is 15.1 Å². The molecule has 1 atom stereocenters. The molecular formula is C16H29N3O2. The molecule has 3 fully saturated rings. The quantitative estimate of drug-likeness (QED) is 0.829. The van der Waals surface area contributed by atoms with Crippen LogP contribution in [0.5, 0.6) is 0 Å². The lowest BCUT2D eigenvalue weighted by Gasteiger charge is -2.36. The highest BCUT2D eigenvalue weighted by molar-refractivity contribution is 5.76. The van der Waals surface area contributed by atoms with Crippen LogP contribution in [0.25, 0.3) is 0 Å². The highest BCUT2D eigenvalue weighted by Crippen LogP contribution is 2.18. The zero-order valence-corrected chi connectivity index (χ0v) is 13.1.